The summed E-state index contributed by atoms with van der Waals surface area (Å²) in [5, 5.41) is 13.3. The predicted octanol–water partition coefficient (Wildman–Crippen LogP) is 2.12. The minimum Gasteiger partial charge on any atom is -0.334 e. The van der Waals surface area contributed by atoms with E-state index in [1.54, 1.807) is 13.3 Å². The molecule has 24 heavy (non-hydrogen) atoms. The molecule has 1 aliphatic carbocycles. The second kappa shape index (κ2) is 7.48. The van der Waals surface area contributed by atoms with Crippen LogP contribution in [-0.4, -0.2) is 32.0 Å². The molecule has 0 aliphatic heterocycles. The molecule has 1 aromatic carbocycles. The maximum absolute atomic E-state index is 12.1. The Hall–Kier alpha value is -2.35. The number of nitrogens with zero attached hydrogens (tertiary/aromatic N) is 3. The molecule has 0 spiro atoms. The molecule has 126 valence electrons. The number of carbonyl (C=O) groups is 2. The van der Waals surface area contributed by atoms with Crippen molar-refractivity contribution < 1.29 is 9.59 Å². The summed E-state index contributed by atoms with van der Waals surface area (Å²) in [5.74, 6) is -0.351. The number of hydrogen-bond acceptors (Lipinski definition) is 5. The van der Waals surface area contributed by atoms with E-state index >= 15 is 0 Å². The topological polar surface area (TPSA) is 88.9 Å². The Kier molecular flexibility index (Phi) is 5.14. The molecule has 1 aromatic heterocycles. The number of rotatable bonds is 6. The first-order chi connectivity index (χ1) is 11.6. The standard InChI is InChI=1S/C16H19N5O2S/c1-11(24-16-20-18-10-21(16)13-7-8-13)14(22)19-15(23)17-9-12-5-3-2-4-6-12/h2-6,10-11,13H,7-9H2,1H3,(H2,17,19,22,23). The van der Waals surface area contributed by atoms with Gasteiger partial charge in [-0.25, -0.2) is 4.79 Å². The Bertz CT molecular complexity index is 714. The van der Waals surface area contributed by atoms with Crippen molar-refractivity contribution in [1.29, 1.82) is 0 Å². The Balaban J connectivity index is 1.46. The third-order valence-corrected chi connectivity index (χ3v) is 4.74. The minimum atomic E-state index is -0.500. The molecule has 1 fully saturated rings. The number of benzene rings is 1. The molecule has 3 amide bonds. The quantitative estimate of drug-likeness (QED) is 0.783. The van der Waals surface area contributed by atoms with E-state index in [4.69, 9.17) is 0 Å². The number of carbonyl (C=O) groups excluding carboxylic acids is 2. The first kappa shape index (κ1) is 16.5. The van der Waals surface area contributed by atoms with Gasteiger partial charge in [0, 0.05) is 12.6 Å². The van der Waals surface area contributed by atoms with E-state index in [-0.39, 0.29) is 5.91 Å². The van der Waals surface area contributed by atoms with Crippen LogP contribution in [0.4, 0.5) is 4.79 Å². The monoisotopic (exact) mass is 345 g/mol. The van der Waals surface area contributed by atoms with E-state index in [9.17, 15) is 9.59 Å². The SMILES string of the molecule is CC(Sc1nncn1C1CC1)C(=O)NC(=O)NCc1ccccc1. The zero-order valence-corrected chi connectivity index (χ0v) is 14.1. The first-order valence-corrected chi connectivity index (χ1v) is 8.70. The molecule has 0 saturated heterocycles. The molecule has 0 radical (unpaired) electrons. The van der Waals surface area contributed by atoms with Gasteiger partial charge in [0.15, 0.2) is 5.16 Å². The third kappa shape index (κ3) is 4.35. The van der Waals surface area contributed by atoms with Crippen LogP contribution < -0.4 is 10.6 Å². The largest absolute Gasteiger partial charge is 0.334 e. The molecular weight excluding hydrogens is 326 g/mol. The van der Waals surface area contributed by atoms with E-state index in [1.165, 1.54) is 11.8 Å². The van der Waals surface area contributed by atoms with Crippen LogP contribution in [0.1, 0.15) is 31.4 Å². The number of thioether (sulfide) groups is 1. The highest BCUT2D eigenvalue weighted by Gasteiger charge is 2.28. The normalized spacial score (nSPS) is 14.9. The summed E-state index contributed by atoms with van der Waals surface area (Å²) in [5.41, 5.74) is 0.972. The highest BCUT2D eigenvalue weighted by molar-refractivity contribution is 8.00. The number of hydrogen-bond donors (Lipinski definition) is 2. The summed E-state index contributed by atoms with van der Waals surface area (Å²) in [6.07, 6.45) is 3.93. The number of aromatic nitrogens is 3. The van der Waals surface area contributed by atoms with Crippen LogP contribution in [0.25, 0.3) is 0 Å². The van der Waals surface area contributed by atoms with Gasteiger partial charge in [0.05, 0.1) is 5.25 Å². The van der Waals surface area contributed by atoms with Crippen molar-refractivity contribution in [3.63, 3.8) is 0 Å². The minimum absolute atomic E-state index is 0.351. The maximum Gasteiger partial charge on any atom is 0.321 e. The first-order valence-electron chi connectivity index (χ1n) is 7.82. The van der Waals surface area contributed by atoms with E-state index < -0.39 is 11.3 Å². The molecule has 8 heteroatoms. The summed E-state index contributed by atoms with van der Waals surface area (Å²) in [7, 11) is 0. The highest BCUT2D eigenvalue weighted by Crippen LogP contribution is 2.37. The van der Waals surface area contributed by atoms with E-state index in [1.807, 2.05) is 34.9 Å². The van der Waals surface area contributed by atoms with Crippen molar-refractivity contribution in [1.82, 2.24) is 25.4 Å². The molecule has 3 rings (SSSR count). The summed E-state index contributed by atoms with van der Waals surface area (Å²) in [6, 6.07) is 9.47. The third-order valence-electron chi connectivity index (χ3n) is 3.66. The zero-order valence-electron chi connectivity index (χ0n) is 13.3. The van der Waals surface area contributed by atoms with Crippen LogP contribution in [0.15, 0.2) is 41.8 Å². The van der Waals surface area contributed by atoms with E-state index in [0.29, 0.717) is 17.7 Å². The molecular formula is C16H19N5O2S. The molecule has 7 nitrogen and oxygen atoms in total. The van der Waals surface area contributed by atoms with Gasteiger partial charge in [0.2, 0.25) is 5.91 Å². The maximum atomic E-state index is 12.1. The molecule has 1 aliphatic rings. The second-order valence-corrected chi connectivity index (χ2v) is 6.98. The van der Waals surface area contributed by atoms with E-state index in [0.717, 1.165) is 18.4 Å². The smallest absolute Gasteiger partial charge is 0.321 e. The molecule has 1 saturated carbocycles. The number of urea groups is 1. The lowest BCUT2D eigenvalue weighted by atomic mass is 10.2. The number of nitrogens with one attached hydrogen (secondary N) is 2. The van der Waals surface area contributed by atoms with Crippen LogP contribution in [0.2, 0.25) is 0 Å². The molecule has 0 bridgehead atoms. The van der Waals surface area contributed by atoms with Gasteiger partial charge in [-0.2, -0.15) is 0 Å². The van der Waals surface area contributed by atoms with E-state index in [2.05, 4.69) is 20.8 Å². The van der Waals surface area contributed by atoms with Crippen molar-refractivity contribution in [2.45, 2.75) is 42.8 Å². The molecule has 1 heterocycles. The van der Waals surface area contributed by atoms with Crippen molar-refractivity contribution in [3.8, 4) is 0 Å². The lowest BCUT2D eigenvalue weighted by molar-refractivity contribution is -0.119. The van der Waals surface area contributed by atoms with Crippen molar-refractivity contribution in [2.24, 2.45) is 0 Å². The lowest BCUT2D eigenvalue weighted by Gasteiger charge is -2.12. The van der Waals surface area contributed by atoms with Crippen LogP contribution >= 0.6 is 11.8 Å². The lowest BCUT2D eigenvalue weighted by Crippen LogP contribution is -2.42. The molecule has 2 aromatic rings. The summed E-state index contributed by atoms with van der Waals surface area (Å²) in [6.45, 7) is 2.12. The van der Waals surface area contributed by atoms with Gasteiger partial charge in [-0.05, 0) is 25.3 Å². The summed E-state index contributed by atoms with van der Waals surface area (Å²) in [4.78, 5) is 24.0. The van der Waals surface area contributed by atoms with Gasteiger partial charge in [0.1, 0.15) is 6.33 Å². The number of imide groups is 1. The van der Waals surface area contributed by atoms with Crippen LogP contribution in [0.3, 0.4) is 0 Å². The van der Waals surface area contributed by atoms with Crippen LogP contribution in [0.5, 0.6) is 0 Å². The second-order valence-electron chi connectivity index (χ2n) is 5.67. The average molecular weight is 345 g/mol. The summed E-state index contributed by atoms with van der Waals surface area (Å²) >= 11 is 1.31. The fourth-order valence-corrected chi connectivity index (χ4v) is 3.06. The van der Waals surface area contributed by atoms with Crippen LogP contribution in [-0.2, 0) is 11.3 Å². The highest BCUT2D eigenvalue weighted by atomic mass is 32.2. The Morgan fingerprint density at radius 1 is 1.33 bits per heavy atom. The van der Waals surface area contributed by atoms with Crippen molar-refractivity contribution in [3.05, 3.63) is 42.2 Å². The Morgan fingerprint density at radius 3 is 2.79 bits per heavy atom. The fourth-order valence-electron chi connectivity index (χ4n) is 2.17. The zero-order chi connectivity index (χ0) is 16.9. The predicted molar refractivity (Wildman–Crippen MR) is 90.4 cm³/mol. The van der Waals surface area contributed by atoms with Gasteiger partial charge in [-0.3, -0.25) is 10.1 Å². The van der Waals surface area contributed by atoms with Crippen LogP contribution in [0, 0.1) is 0 Å². The van der Waals surface area contributed by atoms with Gasteiger partial charge in [-0.1, -0.05) is 42.1 Å². The summed E-state index contributed by atoms with van der Waals surface area (Å²) < 4.78 is 1.99. The van der Waals surface area contributed by atoms with Gasteiger partial charge < -0.3 is 9.88 Å². The van der Waals surface area contributed by atoms with Gasteiger partial charge >= 0.3 is 6.03 Å². The fraction of sp³-hybridized carbons (Fsp3) is 0.375. The molecule has 1 atom stereocenters. The van der Waals surface area contributed by atoms with Crippen molar-refractivity contribution in [2.75, 3.05) is 0 Å². The van der Waals surface area contributed by atoms with Gasteiger partial charge in [-0.15, -0.1) is 10.2 Å². The molecule has 1 unspecified atom stereocenters. The van der Waals surface area contributed by atoms with Crippen molar-refractivity contribution >= 4 is 23.7 Å². The average Bonchev–Trinajstić information content (AvgIpc) is 3.33. The Labute approximate surface area is 144 Å². The Morgan fingerprint density at radius 2 is 2.08 bits per heavy atom. The number of amides is 3. The molecule has 2 N–H and O–H groups in total. The van der Waals surface area contributed by atoms with Gasteiger partial charge in [0.25, 0.3) is 0 Å².